The summed E-state index contributed by atoms with van der Waals surface area (Å²) in [5.74, 6) is 0. The summed E-state index contributed by atoms with van der Waals surface area (Å²) in [5, 5.41) is 0. The second-order valence-corrected chi connectivity index (χ2v) is 6.32. The lowest BCUT2D eigenvalue weighted by molar-refractivity contribution is 0.647. The first-order valence-corrected chi connectivity index (χ1v) is 7.82. The van der Waals surface area contributed by atoms with E-state index in [2.05, 4.69) is 51.9 Å². The van der Waals surface area contributed by atoms with E-state index in [9.17, 15) is 0 Å². The number of nitrogens with zero attached hydrogens (tertiary/aromatic N) is 3. The molecule has 22 heavy (non-hydrogen) atoms. The maximum absolute atomic E-state index is 7.17. The van der Waals surface area contributed by atoms with Gasteiger partial charge in [-0.3, -0.25) is 0 Å². The number of hydrogen-bond donors (Lipinski definition) is 0. The van der Waals surface area contributed by atoms with E-state index >= 15 is 0 Å². The van der Waals surface area contributed by atoms with Crippen LogP contribution in [0.4, 0.5) is 17.1 Å². The van der Waals surface area contributed by atoms with Crippen LogP contribution in [0.3, 0.4) is 0 Å². The Balaban J connectivity index is 1.54. The Bertz CT molecular complexity index is 729. The summed E-state index contributed by atoms with van der Waals surface area (Å²) in [4.78, 5) is 8.57. The van der Waals surface area contributed by atoms with Crippen molar-refractivity contribution >= 4 is 17.1 Å². The van der Waals surface area contributed by atoms with E-state index in [0.717, 1.165) is 18.8 Å². The van der Waals surface area contributed by atoms with E-state index in [-0.39, 0.29) is 0 Å². The standard InChI is InChI=1S/C19H19N3/c1-14-6-8-16(9-7-14)21-12-19-11-18(21)13-22(19)17-5-3-4-15(10-17)20-2/h3-10,18-19H,11-13H2,1H3/t18-,19-/m0/s1. The van der Waals surface area contributed by atoms with Crippen molar-refractivity contribution in [2.45, 2.75) is 25.4 Å². The number of rotatable bonds is 2. The van der Waals surface area contributed by atoms with Gasteiger partial charge < -0.3 is 9.80 Å². The van der Waals surface area contributed by atoms with Gasteiger partial charge in [0.05, 0.1) is 6.57 Å². The number of aryl methyl sites for hydroxylation is 1. The smallest absolute Gasteiger partial charge is 0.189 e. The fraction of sp³-hybridized carbons (Fsp3) is 0.316. The van der Waals surface area contributed by atoms with E-state index in [4.69, 9.17) is 6.57 Å². The third-order valence-electron chi connectivity index (χ3n) is 4.90. The Hall–Kier alpha value is -2.47. The van der Waals surface area contributed by atoms with Crippen molar-refractivity contribution in [3.63, 3.8) is 0 Å². The van der Waals surface area contributed by atoms with Gasteiger partial charge in [0.2, 0.25) is 0 Å². The van der Waals surface area contributed by atoms with E-state index in [0.29, 0.717) is 12.1 Å². The molecule has 2 aliphatic heterocycles. The van der Waals surface area contributed by atoms with Crippen LogP contribution < -0.4 is 9.80 Å². The zero-order valence-electron chi connectivity index (χ0n) is 12.7. The number of anilines is 2. The summed E-state index contributed by atoms with van der Waals surface area (Å²) >= 11 is 0. The van der Waals surface area contributed by atoms with Gasteiger partial charge in [-0.25, -0.2) is 4.85 Å². The Morgan fingerprint density at radius 3 is 2.27 bits per heavy atom. The molecule has 2 aromatic carbocycles. The van der Waals surface area contributed by atoms with Crippen LogP contribution in [0.25, 0.3) is 4.85 Å². The number of hydrogen-bond acceptors (Lipinski definition) is 2. The van der Waals surface area contributed by atoms with Gasteiger partial charge >= 0.3 is 0 Å². The topological polar surface area (TPSA) is 10.8 Å². The first-order chi connectivity index (χ1) is 10.7. The predicted molar refractivity (Wildman–Crippen MR) is 90.8 cm³/mol. The van der Waals surface area contributed by atoms with Crippen molar-refractivity contribution in [2.75, 3.05) is 22.9 Å². The molecule has 2 aliphatic rings. The molecule has 2 atom stereocenters. The quantitative estimate of drug-likeness (QED) is 0.773. The van der Waals surface area contributed by atoms with Gasteiger partial charge in [0.15, 0.2) is 5.69 Å². The Morgan fingerprint density at radius 1 is 0.955 bits per heavy atom. The van der Waals surface area contributed by atoms with Crippen molar-refractivity contribution in [3.05, 3.63) is 65.5 Å². The Kier molecular flexibility index (Phi) is 3.04. The molecule has 110 valence electrons. The van der Waals surface area contributed by atoms with Crippen molar-refractivity contribution in [3.8, 4) is 0 Å². The van der Waals surface area contributed by atoms with Gasteiger partial charge in [0.1, 0.15) is 0 Å². The van der Waals surface area contributed by atoms with E-state index in [1.54, 1.807) is 0 Å². The lowest BCUT2D eigenvalue weighted by Crippen LogP contribution is -2.46. The van der Waals surface area contributed by atoms with E-state index < -0.39 is 0 Å². The van der Waals surface area contributed by atoms with Gasteiger partial charge in [-0.05, 0) is 37.6 Å². The van der Waals surface area contributed by atoms with Crippen molar-refractivity contribution in [1.82, 2.24) is 0 Å². The minimum absolute atomic E-state index is 0.562. The van der Waals surface area contributed by atoms with Crippen LogP contribution in [-0.2, 0) is 0 Å². The van der Waals surface area contributed by atoms with Crippen molar-refractivity contribution in [1.29, 1.82) is 0 Å². The average molecular weight is 289 g/mol. The molecule has 2 bridgehead atoms. The van der Waals surface area contributed by atoms with Gasteiger partial charge in [0.25, 0.3) is 0 Å². The molecule has 2 fully saturated rings. The van der Waals surface area contributed by atoms with Crippen LogP contribution in [0.2, 0.25) is 0 Å². The molecule has 0 saturated carbocycles. The maximum Gasteiger partial charge on any atom is 0.189 e. The van der Waals surface area contributed by atoms with Crippen LogP contribution >= 0.6 is 0 Å². The minimum Gasteiger partial charge on any atom is -0.366 e. The molecular formula is C19H19N3. The molecule has 3 nitrogen and oxygen atoms in total. The molecule has 0 N–H and O–H groups in total. The highest BCUT2D eigenvalue weighted by Gasteiger charge is 2.43. The highest BCUT2D eigenvalue weighted by atomic mass is 15.4. The first-order valence-electron chi connectivity index (χ1n) is 7.82. The SMILES string of the molecule is [C-]#[N+]c1cccc(N2C[C@@H]3C[C@H]2CN3c2ccc(C)cc2)c1. The second kappa shape index (κ2) is 5.06. The number of piperazine rings is 1. The van der Waals surface area contributed by atoms with Crippen LogP contribution in [0.1, 0.15) is 12.0 Å². The highest BCUT2D eigenvalue weighted by molar-refractivity contribution is 5.62. The molecule has 0 spiro atoms. The van der Waals surface area contributed by atoms with Gasteiger partial charge in [-0.2, -0.15) is 0 Å². The number of fused-ring (bicyclic) bond motifs is 2. The van der Waals surface area contributed by atoms with Crippen LogP contribution in [0.5, 0.6) is 0 Å². The molecule has 3 heteroatoms. The Labute approximate surface area is 131 Å². The lowest BCUT2D eigenvalue weighted by Gasteiger charge is -2.37. The molecule has 4 rings (SSSR count). The fourth-order valence-corrected chi connectivity index (χ4v) is 3.78. The van der Waals surface area contributed by atoms with Crippen LogP contribution in [0, 0.1) is 13.5 Å². The van der Waals surface area contributed by atoms with Gasteiger partial charge in [0, 0.05) is 36.5 Å². The Morgan fingerprint density at radius 2 is 1.64 bits per heavy atom. The van der Waals surface area contributed by atoms with Crippen LogP contribution in [0.15, 0.2) is 48.5 Å². The van der Waals surface area contributed by atoms with Gasteiger partial charge in [-0.1, -0.05) is 29.8 Å². The molecule has 0 unspecified atom stereocenters. The molecule has 2 aromatic rings. The van der Waals surface area contributed by atoms with Gasteiger partial charge in [-0.15, -0.1) is 0 Å². The monoisotopic (exact) mass is 289 g/mol. The minimum atomic E-state index is 0.562. The summed E-state index contributed by atoms with van der Waals surface area (Å²) in [7, 11) is 0. The van der Waals surface area contributed by atoms with E-state index in [1.807, 2.05) is 18.2 Å². The maximum atomic E-state index is 7.17. The fourth-order valence-electron chi connectivity index (χ4n) is 3.78. The third-order valence-corrected chi connectivity index (χ3v) is 4.90. The molecule has 2 saturated heterocycles. The summed E-state index contributed by atoms with van der Waals surface area (Å²) in [6.45, 7) is 11.4. The summed E-state index contributed by atoms with van der Waals surface area (Å²) < 4.78 is 0. The van der Waals surface area contributed by atoms with Crippen molar-refractivity contribution in [2.24, 2.45) is 0 Å². The first kappa shape index (κ1) is 13.2. The highest BCUT2D eigenvalue weighted by Crippen LogP contribution is 2.38. The summed E-state index contributed by atoms with van der Waals surface area (Å²) in [6, 6.07) is 18.0. The zero-order chi connectivity index (χ0) is 15.1. The number of benzene rings is 2. The molecule has 0 aliphatic carbocycles. The normalized spacial score (nSPS) is 22.9. The lowest BCUT2D eigenvalue weighted by atomic mass is 10.2. The molecule has 0 aromatic heterocycles. The average Bonchev–Trinajstić information content (AvgIpc) is 3.16. The van der Waals surface area contributed by atoms with Crippen LogP contribution in [-0.4, -0.2) is 25.2 Å². The predicted octanol–water partition coefficient (Wildman–Crippen LogP) is 4.01. The summed E-state index contributed by atoms with van der Waals surface area (Å²) in [6.07, 6.45) is 1.22. The van der Waals surface area contributed by atoms with E-state index in [1.165, 1.54) is 23.4 Å². The largest absolute Gasteiger partial charge is 0.366 e. The molecule has 0 radical (unpaired) electrons. The zero-order valence-corrected chi connectivity index (χ0v) is 12.7. The van der Waals surface area contributed by atoms with Crippen molar-refractivity contribution < 1.29 is 0 Å². The molecular weight excluding hydrogens is 270 g/mol. The summed E-state index contributed by atoms with van der Waals surface area (Å²) in [5.41, 5.74) is 4.58. The molecule has 2 heterocycles. The second-order valence-electron chi connectivity index (χ2n) is 6.32. The molecule has 0 amide bonds. The third kappa shape index (κ3) is 2.12.